The summed E-state index contributed by atoms with van der Waals surface area (Å²) in [4.78, 5) is 0. The molecule has 2 heteroatoms. The second kappa shape index (κ2) is 4.11. The first kappa shape index (κ1) is 9.69. The molecule has 0 aromatic heterocycles. The number of aliphatic hydroxyl groups excluding tert-OH is 2. The van der Waals surface area contributed by atoms with Crippen LogP contribution in [-0.2, 0) is 6.42 Å². The molecule has 14 heavy (non-hydrogen) atoms. The van der Waals surface area contributed by atoms with Gasteiger partial charge in [0.15, 0.2) is 0 Å². The van der Waals surface area contributed by atoms with Gasteiger partial charge in [-0.2, -0.15) is 0 Å². The summed E-state index contributed by atoms with van der Waals surface area (Å²) in [6.07, 6.45) is 2.72. The summed E-state index contributed by atoms with van der Waals surface area (Å²) in [5.74, 6) is 0.485. The molecule has 2 N–H and O–H groups in total. The van der Waals surface area contributed by atoms with Crippen molar-refractivity contribution in [2.75, 3.05) is 6.61 Å². The summed E-state index contributed by atoms with van der Waals surface area (Å²) < 4.78 is 0. The molecule has 1 unspecified atom stereocenters. The first-order valence-electron chi connectivity index (χ1n) is 5.19. The van der Waals surface area contributed by atoms with Gasteiger partial charge in [0, 0.05) is 6.61 Å². The summed E-state index contributed by atoms with van der Waals surface area (Å²) in [5, 5.41) is 18.6. The number of benzene rings is 1. The highest BCUT2D eigenvalue weighted by molar-refractivity contribution is 5.25. The smallest absolute Gasteiger partial charge is 0.0818 e. The van der Waals surface area contributed by atoms with Crippen molar-refractivity contribution in [1.29, 1.82) is 0 Å². The lowest BCUT2D eigenvalue weighted by Gasteiger charge is -2.09. The van der Waals surface area contributed by atoms with Gasteiger partial charge < -0.3 is 10.2 Å². The van der Waals surface area contributed by atoms with Gasteiger partial charge in [0.1, 0.15) is 0 Å². The maximum absolute atomic E-state index is 9.83. The highest BCUT2D eigenvalue weighted by atomic mass is 16.3. The molecule has 1 aromatic rings. The van der Waals surface area contributed by atoms with E-state index < -0.39 is 0 Å². The van der Waals surface area contributed by atoms with Crippen LogP contribution < -0.4 is 0 Å². The lowest BCUT2D eigenvalue weighted by atomic mass is 10.0. The molecule has 2 nitrogen and oxygen atoms in total. The first-order chi connectivity index (χ1) is 6.81. The Kier molecular flexibility index (Phi) is 2.85. The molecule has 0 bridgehead atoms. The monoisotopic (exact) mass is 192 g/mol. The van der Waals surface area contributed by atoms with E-state index in [-0.39, 0.29) is 12.7 Å². The minimum atomic E-state index is -0.279. The van der Waals surface area contributed by atoms with Gasteiger partial charge in [0.2, 0.25) is 0 Å². The van der Waals surface area contributed by atoms with Crippen LogP contribution in [0.3, 0.4) is 0 Å². The lowest BCUT2D eigenvalue weighted by Crippen LogP contribution is -1.99. The molecule has 0 heterocycles. The van der Waals surface area contributed by atoms with E-state index in [2.05, 4.69) is 0 Å². The van der Waals surface area contributed by atoms with Gasteiger partial charge in [0.05, 0.1) is 6.10 Å². The molecule has 0 radical (unpaired) electrons. The third kappa shape index (κ3) is 2.14. The zero-order chi connectivity index (χ0) is 9.97. The average molecular weight is 192 g/mol. The van der Waals surface area contributed by atoms with Crippen molar-refractivity contribution in [2.45, 2.75) is 25.4 Å². The summed E-state index contributed by atoms with van der Waals surface area (Å²) >= 11 is 0. The Labute approximate surface area is 84.2 Å². The minimum Gasteiger partial charge on any atom is -0.396 e. The third-order valence-corrected chi connectivity index (χ3v) is 2.79. The van der Waals surface area contributed by atoms with Crippen LogP contribution in [0.5, 0.6) is 0 Å². The molecule has 0 aliphatic heterocycles. The number of aliphatic hydroxyl groups is 2. The maximum Gasteiger partial charge on any atom is 0.0818 e. The Bertz CT molecular complexity index is 288. The van der Waals surface area contributed by atoms with Gasteiger partial charge in [-0.3, -0.25) is 0 Å². The Balaban J connectivity index is 2.04. The first-order valence-corrected chi connectivity index (χ1v) is 5.19. The molecule has 1 saturated carbocycles. The van der Waals surface area contributed by atoms with Crippen LogP contribution in [0.15, 0.2) is 24.3 Å². The molecule has 0 spiro atoms. The highest BCUT2D eigenvalue weighted by Gasteiger charge is 2.30. The van der Waals surface area contributed by atoms with E-state index in [0.717, 1.165) is 24.0 Å². The fourth-order valence-electron chi connectivity index (χ4n) is 1.69. The number of hydrogen-bond donors (Lipinski definition) is 2. The zero-order valence-electron chi connectivity index (χ0n) is 8.19. The maximum atomic E-state index is 9.83. The predicted molar refractivity (Wildman–Crippen MR) is 54.9 cm³/mol. The second-order valence-electron chi connectivity index (χ2n) is 4.00. The van der Waals surface area contributed by atoms with Crippen molar-refractivity contribution in [3.63, 3.8) is 0 Å². The molecule has 76 valence electrons. The zero-order valence-corrected chi connectivity index (χ0v) is 8.19. The molecule has 0 amide bonds. The predicted octanol–water partition coefficient (Wildman–Crippen LogP) is 1.66. The summed E-state index contributed by atoms with van der Waals surface area (Å²) in [6, 6.07) is 7.90. The molecule has 1 atom stereocenters. The normalized spacial score (nSPS) is 18.1. The van der Waals surface area contributed by atoms with E-state index >= 15 is 0 Å². The van der Waals surface area contributed by atoms with Gasteiger partial charge >= 0.3 is 0 Å². The van der Waals surface area contributed by atoms with Crippen molar-refractivity contribution in [1.82, 2.24) is 0 Å². The minimum absolute atomic E-state index is 0.185. The Hall–Kier alpha value is -0.860. The standard InChI is InChI=1S/C12H16O2/c13-8-7-9-1-3-10(4-2-9)12(14)11-5-6-11/h1-4,11-14H,5-8H2. The van der Waals surface area contributed by atoms with Crippen LogP contribution >= 0.6 is 0 Å². The number of rotatable bonds is 4. The SMILES string of the molecule is OCCc1ccc(C(O)C2CC2)cc1. The van der Waals surface area contributed by atoms with Gasteiger partial charge in [-0.05, 0) is 36.3 Å². The van der Waals surface area contributed by atoms with E-state index in [1.165, 1.54) is 0 Å². The van der Waals surface area contributed by atoms with E-state index in [4.69, 9.17) is 5.11 Å². The van der Waals surface area contributed by atoms with E-state index in [9.17, 15) is 5.11 Å². The molecule has 0 saturated heterocycles. The number of hydrogen-bond acceptors (Lipinski definition) is 2. The van der Waals surface area contributed by atoms with Gasteiger partial charge in [0.25, 0.3) is 0 Å². The summed E-state index contributed by atoms with van der Waals surface area (Å²) in [7, 11) is 0. The van der Waals surface area contributed by atoms with Gasteiger partial charge in [-0.1, -0.05) is 24.3 Å². The molecule has 1 aliphatic rings. The Morgan fingerprint density at radius 1 is 1.21 bits per heavy atom. The molecule has 1 fully saturated rings. The van der Waals surface area contributed by atoms with Crippen LogP contribution in [0.4, 0.5) is 0 Å². The van der Waals surface area contributed by atoms with Crippen LogP contribution in [0.1, 0.15) is 30.1 Å². The van der Waals surface area contributed by atoms with Crippen molar-refractivity contribution in [3.05, 3.63) is 35.4 Å². The summed E-state index contributed by atoms with van der Waals surface area (Å²) in [6.45, 7) is 0.185. The summed E-state index contributed by atoms with van der Waals surface area (Å²) in [5.41, 5.74) is 2.13. The van der Waals surface area contributed by atoms with Crippen LogP contribution in [0, 0.1) is 5.92 Å². The van der Waals surface area contributed by atoms with Crippen molar-refractivity contribution >= 4 is 0 Å². The Morgan fingerprint density at radius 3 is 2.36 bits per heavy atom. The lowest BCUT2D eigenvalue weighted by molar-refractivity contribution is 0.154. The Morgan fingerprint density at radius 2 is 1.86 bits per heavy atom. The molecule has 1 aromatic carbocycles. The molecule has 2 rings (SSSR count). The van der Waals surface area contributed by atoms with Crippen molar-refractivity contribution in [2.24, 2.45) is 5.92 Å². The van der Waals surface area contributed by atoms with Crippen molar-refractivity contribution in [3.8, 4) is 0 Å². The highest BCUT2D eigenvalue weighted by Crippen LogP contribution is 2.40. The van der Waals surface area contributed by atoms with Crippen molar-refractivity contribution < 1.29 is 10.2 Å². The fraction of sp³-hybridized carbons (Fsp3) is 0.500. The quantitative estimate of drug-likeness (QED) is 0.761. The van der Waals surface area contributed by atoms with Gasteiger partial charge in [-0.15, -0.1) is 0 Å². The molecular formula is C12H16O2. The largest absolute Gasteiger partial charge is 0.396 e. The fourth-order valence-corrected chi connectivity index (χ4v) is 1.69. The average Bonchev–Trinajstić information content (AvgIpc) is 3.02. The van der Waals surface area contributed by atoms with Crippen LogP contribution in [-0.4, -0.2) is 16.8 Å². The van der Waals surface area contributed by atoms with E-state index in [0.29, 0.717) is 12.3 Å². The third-order valence-electron chi connectivity index (χ3n) is 2.79. The van der Waals surface area contributed by atoms with Crippen LogP contribution in [0.25, 0.3) is 0 Å². The topological polar surface area (TPSA) is 40.5 Å². The second-order valence-corrected chi connectivity index (χ2v) is 4.00. The molecule has 1 aliphatic carbocycles. The van der Waals surface area contributed by atoms with E-state index in [1.54, 1.807) is 0 Å². The molecular weight excluding hydrogens is 176 g/mol. The van der Waals surface area contributed by atoms with E-state index in [1.807, 2.05) is 24.3 Å². The van der Waals surface area contributed by atoms with Crippen LogP contribution in [0.2, 0.25) is 0 Å². The van der Waals surface area contributed by atoms with Gasteiger partial charge in [-0.25, -0.2) is 0 Å².